The van der Waals surface area contributed by atoms with E-state index < -0.39 is 0 Å². The Hall–Kier alpha value is -2.94. The van der Waals surface area contributed by atoms with Crippen LogP contribution in [0.3, 0.4) is 0 Å². The monoisotopic (exact) mass is 415 g/mol. The zero-order valence-corrected chi connectivity index (χ0v) is 17.8. The molecule has 1 fully saturated rings. The highest BCUT2D eigenvalue weighted by molar-refractivity contribution is 5.76. The lowest BCUT2D eigenvalue weighted by Crippen LogP contribution is -2.49. The Labute approximate surface area is 176 Å². The van der Waals surface area contributed by atoms with Crippen LogP contribution in [0.1, 0.15) is 24.5 Å². The van der Waals surface area contributed by atoms with Gasteiger partial charge >= 0.3 is 0 Å². The standard InChI is InChI=1S/C21H29N5O4/c1-15-4-5-19(22-12-15)25-7-9-26(10-8-25)20(27)6-11-29-14-16(2)30-18-13-23-24-21(28)17(18)3/h4-5,12-13,16H,6-11,14H2,1-3H3,(H,24,28)/t16-/m0/s1. The average Bonchev–Trinajstić information content (AvgIpc) is 2.75. The summed E-state index contributed by atoms with van der Waals surface area (Å²) in [6.07, 6.45) is 3.42. The maximum atomic E-state index is 12.4. The molecule has 1 atom stereocenters. The first-order valence-electron chi connectivity index (χ1n) is 10.2. The first-order valence-corrected chi connectivity index (χ1v) is 10.2. The highest BCUT2D eigenvalue weighted by atomic mass is 16.5. The third kappa shape index (κ3) is 5.79. The number of aromatic amines is 1. The second kappa shape index (κ2) is 10.2. The van der Waals surface area contributed by atoms with Crippen molar-refractivity contribution in [2.45, 2.75) is 33.3 Å². The smallest absolute Gasteiger partial charge is 0.270 e. The summed E-state index contributed by atoms with van der Waals surface area (Å²) < 4.78 is 11.3. The summed E-state index contributed by atoms with van der Waals surface area (Å²) in [5.41, 5.74) is 1.34. The lowest BCUT2D eigenvalue weighted by molar-refractivity contribution is -0.132. The molecule has 0 aliphatic carbocycles. The molecule has 0 bridgehead atoms. The molecular formula is C21H29N5O4. The van der Waals surface area contributed by atoms with Gasteiger partial charge < -0.3 is 19.3 Å². The largest absolute Gasteiger partial charge is 0.486 e. The Morgan fingerprint density at radius 3 is 2.67 bits per heavy atom. The topological polar surface area (TPSA) is 101 Å². The summed E-state index contributed by atoms with van der Waals surface area (Å²) in [6, 6.07) is 4.07. The number of hydrogen-bond acceptors (Lipinski definition) is 7. The van der Waals surface area contributed by atoms with Crippen molar-refractivity contribution in [3.05, 3.63) is 46.0 Å². The van der Waals surface area contributed by atoms with Gasteiger partial charge in [0.2, 0.25) is 5.91 Å². The van der Waals surface area contributed by atoms with E-state index in [1.54, 1.807) is 6.92 Å². The van der Waals surface area contributed by atoms with Gasteiger partial charge in [-0.05, 0) is 32.4 Å². The summed E-state index contributed by atoms with van der Waals surface area (Å²) in [5.74, 6) is 1.48. The molecule has 9 heteroatoms. The van der Waals surface area contributed by atoms with Gasteiger partial charge in [-0.25, -0.2) is 10.1 Å². The van der Waals surface area contributed by atoms with E-state index in [4.69, 9.17) is 9.47 Å². The second-order valence-electron chi connectivity index (χ2n) is 7.50. The van der Waals surface area contributed by atoms with Crippen LogP contribution >= 0.6 is 0 Å². The summed E-state index contributed by atoms with van der Waals surface area (Å²) >= 11 is 0. The van der Waals surface area contributed by atoms with Crippen LogP contribution < -0.4 is 15.2 Å². The predicted molar refractivity (Wildman–Crippen MR) is 113 cm³/mol. The van der Waals surface area contributed by atoms with E-state index in [1.165, 1.54) is 6.20 Å². The molecule has 0 saturated carbocycles. The number of nitrogens with zero attached hydrogens (tertiary/aromatic N) is 4. The maximum absolute atomic E-state index is 12.4. The van der Waals surface area contributed by atoms with Crippen molar-refractivity contribution in [3.63, 3.8) is 0 Å². The van der Waals surface area contributed by atoms with Gasteiger partial charge in [0.1, 0.15) is 17.7 Å². The first kappa shape index (κ1) is 21.8. The molecule has 9 nitrogen and oxygen atoms in total. The Balaban J connectivity index is 1.34. The fourth-order valence-corrected chi connectivity index (χ4v) is 3.21. The molecule has 30 heavy (non-hydrogen) atoms. The number of H-pyrrole nitrogens is 1. The summed E-state index contributed by atoms with van der Waals surface area (Å²) in [4.78, 5) is 32.5. The second-order valence-corrected chi connectivity index (χ2v) is 7.50. The number of aromatic nitrogens is 3. The average molecular weight is 415 g/mol. The number of ether oxygens (including phenoxy) is 2. The number of amides is 1. The van der Waals surface area contributed by atoms with Crippen molar-refractivity contribution in [1.82, 2.24) is 20.1 Å². The molecular weight excluding hydrogens is 386 g/mol. The summed E-state index contributed by atoms with van der Waals surface area (Å²) in [7, 11) is 0. The minimum absolute atomic E-state index is 0.0923. The number of rotatable bonds is 8. The van der Waals surface area contributed by atoms with Gasteiger partial charge in [-0.1, -0.05) is 6.07 Å². The van der Waals surface area contributed by atoms with Crippen LogP contribution in [0.25, 0.3) is 0 Å². The van der Waals surface area contributed by atoms with Gasteiger partial charge in [-0.15, -0.1) is 0 Å². The number of carbonyl (C=O) groups excluding carboxylic acids is 1. The molecule has 2 aromatic rings. The van der Waals surface area contributed by atoms with Gasteiger partial charge in [0.05, 0.1) is 31.4 Å². The molecule has 3 rings (SSSR count). The van der Waals surface area contributed by atoms with Crippen LogP contribution in [-0.4, -0.2) is 71.5 Å². The third-order valence-electron chi connectivity index (χ3n) is 5.05. The van der Waals surface area contributed by atoms with E-state index in [0.717, 1.165) is 24.5 Å². The molecule has 162 valence electrons. The Bertz CT molecular complexity index is 891. The van der Waals surface area contributed by atoms with Crippen molar-refractivity contribution < 1.29 is 14.3 Å². The van der Waals surface area contributed by atoms with Crippen LogP contribution in [0.15, 0.2) is 29.3 Å². The molecule has 1 amide bonds. The van der Waals surface area contributed by atoms with Crippen molar-refractivity contribution in [2.24, 2.45) is 0 Å². The minimum atomic E-state index is -0.274. The van der Waals surface area contributed by atoms with E-state index in [0.29, 0.717) is 44.0 Å². The number of anilines is 1. The quantitative estimate of drug-likeness (QED) is 0.649. The van der Waals surface area contributed by atoms with Gasteiger partial charge in [0.15, 0.2) is 0 Å². The molecule has 2 aromatic heterocycles. The van der Waals surface area contributed by atoms with Crippen molar-refractivity contribution in [1.29, 1.82) is 0 Å². The number of pyridine rings is 1. The van der Waals surface area contributed by atoms with E-state index in [1.807, 2.05) is 31.0 Å². The zero-order chi connectivity index (χ0) is 21.5. The lowest BCUT2D eigenvalue weighted by Gasteiger charge is -2.35. The highest BCUT2D eigenvalue weighted by Crippen LogP contribution is 2.15. The SMILES string of the molecule is Cc1ccc(N2CCN(C(=O)CCOC[C@H](C)Oc3cn[nH]c(=O)c3C)CC2)nc1. The fourth-order valence-electron chi connectivity index (χ4n) is 3.21. The molecule has 1 saturated heterocycles. The predicted octanol–water partition coefficient (Wildman–Crippen LogP) is 1.30. The highest BCUT2D eigenvalue weighted by Gasteiger charge is 2.21. The molecule has 1 N–H and O–H groups in total. The third-order valence-corrected chi connectivity index (χ3v) is 5.05. The van der Waals surface area contributed by atoms with Crippen LogP contribution in [0.5, 0.6) is 5.75 Å². The molecule has 0 aromatic carbocycles. The lowest BCUT2D eigenvalue weighted by atomic mass is 10.2. The van der Waals surface area contributed by atoms with Crippen LogP contribution in [0.2, 0.25) is 0 Å². The summed E-state index contributed by atoms with van der Waals surface area (Å²) in [5, 5.41) is 6.09. The number of carbonyl (C=O) groups is 1. The first-order chi connectivity index (χ1) is 14.4. The summed E-state index contributed by atoms with van der Waals surface area (Å²) in [6.45, 7) is 9.12. The van der Waals surface area contributed by atoms with E-state index in [-0.39, 0.29) is 17.6 Å². The van der Waals surface area contributed by atoms with Gasteiger partial charge in [0.25, 0.3) is 5.56 Å². The Morgan fingerprint density at radius 2 is 1.97 bits per heavy atom. The number of nitrogens with one attached hydrogen (secondary N) is 1. The van der Waals surface area contributed by atoms with Crippen LogP contribution in [-0.2, 0) is 9.53 Å². The van der Waals surface area contributed by atoms with Crippen molar-refractivity contribution in [2.75, 3.05) is 44.3 Å². The van der Waals surface area contributed by atoms with E-state index >= 15 is 0 Å². The van der Waals surface area contributed by atoms with Gasteiger partial charge in [-0.2, -0.15) is 5.10 Å². The molecule has 3 heterocycles. The molecule has 0 radical (unpaired) electrons. The Kier molecular flexibility index (Phi) is 7.40. The number of aryl methyl sites for hydroxylation is 1. The molecule has 0 spiro atoms. The zero-order valence-electron chi connectivity index (χ0n) is 17.8. The van der Waals surface area contributed by atoms with Gasteiger partial charge in [0, 0.05) is 32.4 Å². The molecule has 0 unspecified atom stereocenters. The normalized spacial score (nSPS) is 15.2. The fraction of sp³-hybridized carbons (Fsp3) is 0.524. The molecule has 1 aliphatic rings. The van der Waals surface area contributed by atoms with E-state index in [2.05, 4.69) is 26.1 Å². The number of piperazine rings is 1. The van der Waals surface area contributed by atoms with Crippen LogP contribution in [0, 0.1) is 13.8 Å². The maximum Gasteiger partial charge on any atom is 0.270 e. The van der Waals surface area contributed by atoms with Gasteiger partial charge in [-0.3, -0.25) is 9.59 Å². The minimum Gasteiger partial charge on any atom is -0.486 e. The molecule has 1 aliphatic heterocycles. The van der Waals surface area contributed by atoms with Crippen molar-refractivity contribution in [3.8, 4) is 5.75 Å². The number of hydrogen-bond donors (Lipinski definition) is 1. The Morgan fingerprint density at radius 1 is 1.20 bits per heavy atom. The van der Waals surface area contributed by atoms with Crippen molar-refractivity contribution >= 4 is 11.7 Å². The van der Waals surface area contributed by atoms with Crippen LogP contribution in [0.4, 0.5) is 5.82 Å². The van der Waals surface area contributed by atoms with E-state index in [9.17, 15) is 9.59 Å².